The number of hydrogen-bond donors (Lipinski definition) is 0. The van der Waals surface area contributed by atoms with Crippen molar-refractivity contribution in [2.24, 2.45) is 0 Å². The highest BCUT2D eigenvalue weighted by Gasteiger charge is 2.33. The molecule has 4 rings (SSSR count). The summed E-state index contributed by atoms with van der Waals surface area (Å²) in [6.45, 7) is 0. The summed E-state index contributed by atoms with van der Waals surface area (Å²) >= 11 is 12.3. The maximum atomic E-state index is 2.06. The molecular formula is C13H14S6. The van der Waals surface area contributed by atoms with Crippen LogP contribution in [0.1, 0.15) is 32.1 Å². The quantitative estimate of drug-likeness (QED) is 0.458. The monoisotopic (exact) mass is 362 g/mol. The normalized spacial score (nSPS) is 27.8. The minimum absolute atomic E-state index is 1.30. The smallest absolute Gasteiger partial charge is 0.0717 e. The van der Waals surface area contributed by atoms with Crippen LogP contribution in [-0.2, 0) is 0 Å². The van der Waals surface area contributed by atoms with E-state index in [-0.39, 0.29) is 0 Å². The van der Waals surface area contributed by atoms with Gasteiger partial charge >= 0.3 is 0 Å². The molecule has 0 nitrogen and oxygen atoms in total. The van der Waals surface area contributed by atoms with Crippen molar-refractivity contribution < 1.29 is 0 Å². The van der Waals surface area contributed by atoms with Crippen LogP contribution in [0.4, 0.5) is 0 Å². The van der Waals surface area contributed by atoms with Crippen molar-refractivity contribution in [3.63, 3.8) is 0 Å². The van der Waals surface area contributed by atoms with Gasteiger partial charge in [-0.2, -0.15) is 0 Å². The molecule has 1 aliphatic carbocycles. The van der Waals surface area contributed by atoms with Crippen LogP contribution in [0.15, 0.2) is 26.8 Å². The fourth-order valence-corrected chi connectivity index (χ4v) is 11.9. The summed E-state index contributed by atoms with van der Waals surface area (Å²) in [6.07, 6.45) is 6.96. The zero-order chi connectivity index (χ0) is 12.7. The minimum atomic E-state index is 1.30. The first-order valence-electron chi connectivity index (χ1n) is 6.58. The maximum absolute atomic E-state index is 2.06. The molecule has 3 heterocycles. The predicted octanol–water partition coefficient (Wildman–Crippen LogP) is 6.86. The Morgan fingerprint density at radius 2 is 1.05 bits per heavy atom. The maximum Gasteiger partial charge on any atom is 0.0717 e. The molecule has 0 aromatic heterocycles. The molecule has 2 fully saturated rings. The molecule has 0 amide bonds. The molecule has 0 spiro atoms. The lowest BCUT2D eigenvalue weighted by molar-refractivity contribution is 0.599. The van der Waals surface area contributed by atoms with E-state index >= 15 is 0 Å². The van der Waals surface area contributed by atoms with E-state index in [0.29, 0.717) is 0 Å². The third kappa shape index (κ3) is 2.95. The van der Waals surface area contributed by atoms with Gasteiger partial charge in [0.1, 0.15) is 0 Å². The molecule has 3 aliphatic heterocycles. The van der Waals surface area contributed by atoms with Crippen molar-refractivity contribution >= 4 is 70.6 Å². The fourth-order valence-electron chi connectivity index (χ4n) is 2.43. The van der Waals surface area contributed by atoms with Crippen LogP contribution >= 0.6 is 70.6 Å². The lowest BCUT2D eigenvalue weighted by Gasteiger charge is -2.16. The van der Waals surface area contributed by atoms with Crippen LogP contribution in [-0.4, -0.2) is 11.5 Å². The molecule has 0 aromatic rings. The molecule has 0 radical (unpaired) electrons. The van der Waals surface area contributed by atoms with Crippen molar-refractivity contribution in [3.05, 3.63) is 26.8 Å². The Morgan fingerprint density at radius 1 is 0.526 bits per heavy atom. The summed E-state index contributed by atoms with van der Waals surface area (Å²) in [4.78, 5) is 0. The van der Waals surface area contributed by atoms with Crippen molar-refractivity contribution in [2.75, 3.05) is 11.5 Å². The number of hydrogen-bond acceptors (Lipinski definition) is 6. The van der Waals surface area contributed by atoms with Crippen LogP contribution in [0, 0.1) is 0 Å². The van der Waals surface area contributed by atoms with E-state index in [2.05, 4.69) is 47.0 Å². The second kappa shape index (κ2) is 6.21. The summed E-state index contributed by atoms with van der Waals surface area (Å²) < 4.78 is 7.90. The van der Waals surface area contributed by atoms with Gasteiger partial charge in [0.2, 0.25) is 0 Å². The van der Waals surface area contributed by atoms with E-state index in [9.17, 15) is 0 Å². The van der Waals surface area contributed by atoms with Crippen LogP contribution in [0.25, 0.3) is 0 Å². The SMILES string of the molecule is C1CCC(=C2SC3=C(S2)SC(=C2SCCS2)S3)CC1. The van der Waals surface area contributed by atoms with Crippen molar-refractivity contribution in [2.45, 2.75) is 32.1 Å². The van der Waals surface area contributed by atoms with E-state index in [1.807, 2.05) is 23.5 Å². The average Bonchev–Trinajstić information content (AvgIpc) is 3.14. The summed E-state index contributed by atoms with van der Waals surface area (Å²) in [5.74, 6) is 2.59. The molecule has 0 atom stereocenters. The van der Waals surface area contributed by atoms with Gasteiger partial charge in [0, 0.05) is 11.5 Å². The number of rotatable bonds is 0. The zero-order valence-corrected chi connectivity index (χ0v) is 15.3. The summed E-state index contributed by atoms with van der Waals surface area (Å²) in [7, 11) is 0. The van der Waals surface area contributed by atoms with Gasteiger partial charge in [-0.1, -0.05) is 53.5 Å². The highest BCUT2D eigenvalue weighted by atomic mass is 32.3. The topological polar surface area (TPSA) is 0 Å². The molecule has 1 saturated carbocycles. The second-order valence-electron chi connectivity index (χ2n) is 4.71. The van der Waals surface area contributed by atoms with Gasteiger partial charge in [-0.25, -0.2) is 0 Å². The summed E-state index contributed by atoms with van der Waals surface area (Å²) in [6, 6.07) is 0. The van der Waals surface area contributed by atoms with Crippen molar-refractivity contribution in [1.29, 1.82) is 0 Å². The molecule has 0 bridgehead atoms. The molecule has 6 heteroatoms. The van der Waals surface area contributed by atoms with Crippen molar-refractivity contribution in [3.8, 4) is 0 Å². The van der Waals surface area contributed by atoms with E-state index in [4.69, 9.17) is 0 Å². The van der Waals surface area contributed by atoms with Gasteiger partial charge in [-0.05, 0) is 31.3 Å². The van der Waals surface area contributed by atoms with Crippen LogP contribution < -0.4 is 0 Å². The average molecular weight is 363 g/mol. The van der Waals surface area contributed by atoms with Gasteiger partial charge in [-0.15, -0.1) is 23.5 Å². The second-order valence-corrected chi connectivity index (χ2v) is 12.3. The zero-order valence-electron chi connectivity index (χ0n) is 10.4. The van der Waals surface area contributed by atoms with E-state index < -0.39 is 0 Å². The van der Waals surface area contributed by atoms with Crippen LogP contribution in [0.3, 0.4) is 0 Å². The first-order chi connectivity index (χ1) is 9.40. The fraction of sp³-hybridized carbons (Fsp3) is 0.538. The predicted molar refractivity (Wildman–Crippen MR) is 99.4 cm³/mol. The largest absolute Gasteiger partial charge is 0.117 e. The third-order valence-corrected chi connectivity index (χ3v) is 12.4. The number of thioether (sulfide) groups is 6. The number of allylic oxidation sites excluding steroid dienone is 1. The Labute approximate surface area is 140 Å². The molecule has 102 valence electrons. The van der Waals surface area contributed by atoms with Crippen LogP contribution in [0.2, 0.25) is 0 Å². The van der Waals surface area contributed by atoms with E-state index in [1.54, 1.807) is 26.8 Å². The molecular weight excluding hydrogens is 349 g/mol. The highest BCUT2D eigenvalue weighted by molar-refractivity contribution is 8.48. The minimum Gasteiger partial charge on any atom is -0.117 e. The lowest BCUT2D eigenvalue weighted by atomic mass is 9.96. The van der Waals surface area contributed by atoms with Crippen molar-refractivity contribution in [1.82, 2.24) is 0 Å². The summed E-state index contributed by atoms with van der Waals surface area (Å²) in [5, 5.41) is 0. The Kier molecular flexibility index (Phi) is 4.56. The van der Waals surface area contributed by atoms with Gasteiger partial charge in [0.05, 0.1) is 21.2 Å². The molecule has 4 aliphatic rings. The summed E-state index contributed by atoms with van der Waals surface area (Å²) in [5.41, 5.74) is 1.75. The molecule has 0 unspecified atom stereocenters. The molecule has 1 saturated heterocycles. The van der Waals surface area contributed by atoms with Crippen LogP contribution in [0.5, 0.6) is 0 Å². The highest BCUT2D eigenvalue weighted by Crippen LogP contribution is 2.69. The molecule has 0 aromatic carbocycles. The van der Waals surface area contributed by atoms with Gasteiger partial charge in [-0.3, -0.25) is 0 Å². The van der Waals surface area contributed by atoms with Gasteiger partial charge < -0.3 is 0 Å². The molecule has 0 N–H and O–H groups in total. The standard InChI is InChI=1S/C13H14S6/c1-2-4-8(5-3-1)9-16-12-13(17-9)19-11(18-12)10-14-6-7-15-10/h1-7H2. The first-order valence-corrected chi connectivity index (χ1v) is 11.8. The Hall–Kier alpha value is 1.32. The third-order valence-electron chi connectivity index (χ3n) is 3.37. The Morgan fingerprint density at radius 3 is 1.68 bits per heavy atom. The van der Waals surface area contributed by atoms with E-state index in [0.717, 1.165) is 0 Å². The van der Waals surface area contributed by atoms with Gasteiger partial charge in [0.25, 0.3) is 0 Å². The Bertz CT molecular complexity index is 463. The lowest BCUT2D eigenvalue weighted by Crippen LogP contribution is -1.94. The van der Waals surface area contributed by atoms with E-state index in [1.165, 1.54) is 43.6 Å². The molecule has 19 heavy (non-hydrogen) atoms. The first kappa shape index (κ1) is 13.9. The Balaban J connectivity index is 1.48. The van der Waals surface area contributed by atoms with Gasteiger partial charge in [0.15, 0.2) is 0 Å².